The first kappa shape index (κ1) is 21.3. The van der Waals surface area contributed by atoms with Crippen molar-refractivity contribution in [1.29, 1.82) is 0 Å². The van der Waals surface area contributed by atoms with E-state index in [-0.39, 0.29) is 0 Å². The maximum atomic E-state index is 11.8. The number of aromatic nitrogens is 1. The Hall–Kier alpha value is -3.03. The van der Waals surface area contributed by atoms with E-state index in [0.29, 0.717) is 12.2 Å². The van der Waals surface area contributed by atoms with Crippen LogP contribution in [-0.2, 0) is 17.7 Å². The summed E-state index contributed by atoms with van der Waals surface area (Å²) in [6, 6.07) is 9.48. The second-order valence-electron chi connectivity index (χ2n) is 7.19. The second kappa shape index (κ2) is 10.3. The molecule has 0 unspecified atom stereocenters. The zero-order chi connectivity index (χ0) is 20.4. The van der Waals surface area contributed by atoms with Gasteiger partial charge < -0.3 is 19.9 Å². The quantitative estimate of drug-likeness (QED) is 0.498. The molecule has 1 aromatic heterocycles. The van der Waals surface area contributed by atoms with Crippen molar-refractivity contribution in [3.05, 3.63) is 47.9 Å². The Morgan fingerprint density at radius 2 is 1.93 bits per heavy atom. The van der Waals surface area contributed by atoms with Gasteiger partial charge >= 0.3 is 6.09 Å². The topological polar surface area (TPSA) is 101 Å². The smallest absolute Gasteiger partial charge is 0.412 e. The molecular weight excluding hydrogens is 358 g/mol. The molecule has 8 heteroatoms. The van der Waals surface area contributed by atoms with E-state index < -0.39 is 11.7 Å². The predicted octanol–water partition coefficient (Wildman–Crippen LogP) is 3.32. The lowest BCUT2D eigenvalue weighted by Crippen LogP contribution is -2.38. The lowest BCUT2D eigenvalue weighted by atomic mass is 10.1. The van der Waals surface area contributed by atoms with Gasteiger partial charge in [0.25, 0.3) is 0 Å². The summed E-state index contributed by atoms with van der Waals surface area (Å²) in [7, 11) is 0. The van der Waals surface area contributed by atoms with Gasteiger partial charge in [0.05, 0.1) is 6.54 Å². The second-order valence-corrected chi connectivity index (χ2v) is 7.19. The van der Waals surface area contributed by atoms with Crippen LogP contribution in [0.1, 0.15) is 39.0 Å². The number of benzene rings is 1. The fraction of sp³-hybridized carbons (Fsp3) is 0.450. The molecule has 1 aromatic carbocycles. The Kier molecular flexibility index (Phi) is 7.86. The number of amides is 1. The Balaban J connectivity index is 1.79. The number of ether oxygens (including phenoxy) is 1. The number of nitrogens with zero attached hydrogens (tertiary/aromatic N) is 2. The average molecular weight is 387 g/mol. The van der Waals surface area contributed by atoms with Gasteiger partial charge in [-0.25, -0.2) is 9.79 Å². The largest absolute Gasteiger partial charge is 0.444 e. The van der Waals surface area contributed by atoms with E-state index in [2.05, 4.69) is 26.1 Å². The highest BCUT2D eigenvalue weighted by atomic mass is 16.6. The molecule has 0 aliphatic carbocycles. The van der Waals surface area contributed by atoms with Crippen LogP contribution in [0.15, 0.2) is 46.1 Å². The lowest BCUT2D eigenvalue weighted by Gasteiger charge is -2.19. The van der Waals surface area contributed by atoms with Gasteiger partial charge in [0, 0.05) is 24.8 Å². The monoisotopic (exact) mass is 387 g/mol. The highest BCUT2D eigenvalue weighted by Gasteiger charge is 2.16. The third-order valence-electron chi connectivity index (χ3n) is 3.54. The molecule has 28 heavy (non-hydrogen) atoms. The number of hydrogen-bond donors (Lipinski definition) is 3. The number of carbonyl (C=O) groups is 1. The zero-order valence-electron chi connectivity index (χ0n) is 16.9. The molecular formula is C20H29N5O3. The maximum absolute atomic E-state index is 11.8. The molecule has 0 aliphatic rings. The van der Waals surface area contributed by atoms with E-state index in [9.17, 15) is 4.79 Å². The molecule has 0 saturated carbocycles. The Labute approximate surface area is 165 Å². The van der Waals surface area contributed by atoms with Crippen LogP contribution in [0.3, 0.4) is 0 Å². The van der Waals surface area contributed by atoms with Crippen LogP contribution < -0.4 is 16.0 Å². The van der Waals surface area contributed by atoms with Crippen LogP contribution in [0.2, 0.25) is 0 Å². The van der Waals surface area contributed by atoms with Gasteiger partial charge in [-0.1, -0.05) is 17.3 Å². The zero-order valence-corrected chi connectivity index (χ0v) is 16.9. The molecule has 1 heterocycles. The number of hydrogen-bond acceptors (Lipinski definition) is 5. The third kappa shape index (κ3) is 8.11. The third-order valence-corrected chi connectivity index (χ3v) is 3.54. The SMILES string of the molecule is CCNC(=NCc1ccon1)NCCc1ccc(NC(=O)OC(C)(C)C)cc1. The predicted molar refractivity (Wildman–Crippen MR) is 109 cm³/mol. The summed E-state index contributed by atoms with van der Waals surface area (Å²) in [5.41, 5.74) is 2.11. The number of nitrogens with one attached hydrogen (secondary N) is 3. The van der Waals surface area contributed by atoms with E-state index in [1.165, 1.54) is 6.26 Å². The average Bonchev–Trinajstić information content (AvgIpc) is 3.13. The molecule has 152 valence electrons. The minimum Gasteiger partial charge on any atom is -0.444 e. The Bertz CT molecular complexity index is 749. The first-order chi connectivity index (χ1) is 13.4. The molecule has 0 atom stereocenters. The molecule has 0 fully saturated rings. The summed E-state index contributed by atoms with van der Waals surface area (Å²) < 4.78 is 10.1. The van der Waals surface area contributed by atoms with Crippen molar-refractivity contribution >= 4 is 17.7 Å². The van der Waals surface area contributed by atoms with Gasteiger partial charge in [0.2, 0.25) is 0 Å². The normalized spacial score (nSPS) is 11.8. The molecule has 0 radical (unpaired) electrons. The summed E-state index contributed by atoms with van der Waals surface area (Å²) in [6.07, 6.45) is 1.90. The van der Waals surface area contributed by atoms with Crippen LogP contribution in [0.25, 0.3) is 0 Å². The number of anilines is 1. The van der Waals surface area contributed by atoms with Gasteiger partial charge in [-0.2, -0.15) is 0 Å². The van der Waals surface area contributed by atoms with Gasteiger partial charge in [-0.05, 0) is 51.8 Å². The van der Waals surface area contributed by atoms with Crippen LogP contribution in [0, 0.1) is 0 Å². The molecule has 1 amide bonds. The van der Waals surface area contributed by atoms with Crippen LogP contribution in [0.5, 0.6) is 0 Å². The molecule has 2 rings (SSSR count). The van der Waals surface area contributed by atoms with Gasteiger partial charge in [0.1, 0.15) is 17.6 Å². The van der Waals surface area contributed by atoms with Gasteiger partial charge in [-0.15, -0.1) is 0 Å². The highest BCUT2D eigenvalue weighted by molar-refractivity contribution is 5.84. The molecule has 3 N–H and O–H groups in total. The van der Waals surface area contributed by atoms with E-state index >= 15 is 0 Å². The molecule has 0 saturated heterocycles. The summed E-state index contributed by atoms with van der Waals surface area (Å²) >= 11 is 0. The number of rotatable bonds is 7. The first-order valence-corrected chi connectivity index (χ1v) is 9.36. The van der Waals surface area contributed by atoms with Crippen molar-refractivity contribution in [2.45, 2.75) is 46.3 Å². The fourth-order valence-corrected chi connectivity index (χ4v) is 2.32. The number of carbonyl (C=O) groups excluding carboxylic acids is 1. The summed E-state index contributed by atoms with van der Waals surface area (Å²) in [4.78, 5) is 16.3. The van der Waals surface area contributed by atoms with E-state index in [0.717, 1.165) is 36.7 Å². The van der Waals surface area contributed by atoms with Gasteiger partial charge in [0.15, 0.2) is 5.96 Å². The Morgan fingerprint density at radius 1 is 1.18 bits per heavy atom. The molecule has 0 spiro atoms. The van der Waals surface area contributed by atoms with Crippen LogP contribution >= 0.6 is 0 Å². The van der Waals surface area contributed by atoms with Crippen LogP contribution in [0.4, 0.5) is 10.5 Å². The van der Waals surface area contributed by atoms with Crippen LogP contribution in [-0.4, -0.2) is 35.9 Å². The fourth-order valence-electron chi connectivity index (χ4n) is 2.32. The first-order valence-electron chi connectivity index (χ1n) is 9.36. The van der Waals surface area contributed by atoms with Crippen molar-refractivity contribution in [2.75, 3.05) is 18.4 Å². The number of guanidine groups is 1. The van der Waals surface area contributed by atoms with Crippen molar-refractivity contribution in [2.24, 2.45) is 4.99 Å². The molecule has 0 bridgehead atoms. The van der Waals surface area contributed by atoms with Crippen molar-refractivity contribution in [1.82, 2.24) is 15.8 Å². The van der Waals surface area contributed by atoms with Crippen molar-refractivity contribution < 1.29 is 14.1 Å². The molecule has 8 nitrogen and oxygen atoms in total. The Morgan fingerprint density at radius 3 is 2.54 bits per heavy atom. The van der Waals surface area contributed by atoms with Crippen molar-refractivity contribution in [3.8, 4) is 0 Å². The van der Waals surface area contributed by atoms with Crippen molar-refractivity contribution in [3.63, 3.8) is 0 Å². The van der Waals surface area contributed by atoms with Gasteiger partial charge in [-0.3, -0.25) is 5.32 Å². The van der Waals surface area contributed by atoms with E-state index in [1.54, 1.807) is 6.07 Å². The number of aliphatic imine (C=N–C) groups is 1. The minimum atomic E-state index is -0.519. The van der Waals surface area contributed by atoms with E-state index in [1.807, 2.05) is 52.0 Å². The summed E-state index contributed by atoms with van der Waals surface area (Å²) in [6.45, 7) is 9.47. The molecule has 2 aromatic rings. The highest BCUT2D eigenvalue weighted by Crippen LogP contribution is 2.13. The summed E-state index contributed by atoms with van der Waals surface area (Å²) in [5.74, 6) is 0.730. The van der Waals surface area contributed by atoms with E-state index in [4.69, 9.17) is 9.26 Å². The molecule has 0 aliphatic heterocycles. The maximum Gasteiger partial charge on any atom is 0.412 e. The minimum absolute atomic E-state index is 0.455. The standard InChI is InChI=1S/C20H29N5O3/c1-5-21-18(23-14-17-11-13-27-25-17)22-12-10-15-6-8-16(9-7-15)24-19(26)28-20(2,3)4/h6-9,11,13H,5,10,12,14H2,1-4H3,(H,24,26)(H2,21,22,23). The summed E-state index contributed by atoms with van der Waals surface area (Å²) in [5, 5.41) is 13.1. The lowest BCUT2D eigenvalue weighted by molar-refractivity contribution is 0.0636.